The van der Waals surface area contributed by atoms with Crippen LogP contribution < -0.4 is 4.90 Å². The van der Waals surface area contributed by atoms with Crippen molar-refractivity contribution in [2.24, 2.45) is 0 Å². The lowest BCUT2D eigenvalue weighted by Gasteiger charge is -2.38. The van der Waals surface area contributed by atoms with Gasteiger partial charge in [0.2, 0.25) is 0 Å². The van der Waals surface area contributed by atoms with Crippen molar-refractivity contribution in [1.29, 1.82) is 0 Å². The molecule has 0 saturated carbocycles. The van der Waals surface area contributed by atoms with Gasteiger partial charge in [0.25, 0.3) is 5.91 Å². The predicted molar refractivity (Wildman–Crippen MR) is 134 cm³/mol. The molecule has 1 amide bonds. The number of benzene rings is 2. The van der Waals surface area contributed by atoms with Gasteiger partial charge in [0.1, 0.15) is 0 Å². The van der Waals surface area contributed by atoms with E-state index in [4.69, 9.17) is 0 Å². The number of carbonyl (C=O) groups is 1. The van der Waals surface area contributed by atoms with Crippen molar-refractivity contribution in [1.82, 2.24) is 9.88 Å². The molecule has 5 heteroatoms. The number of piperidine rings is 1. The van der Waals surface area contributed by atoms with E-state index in [1.807, 2.05) is 17.5 Å². The van der Waals surface area contributed by atoms with Gasteiger partial charge in [-0.3, -0.25) is 4.79 Å². The summed E-state index contributed by atoms with van der Waals surface area (Å²) in [5, 5.41) is 3.14. The van der Waals surface area contributed by atoms with Gasteiger partial charge < -0.3 is 14.8 Å². The van der Waals surface area contributed by atoms with Crippen molar-refractivity contribution in [2.75, 3.05) is 24.5 Å². The molecule has 1 fully saturated rings. The minimum absolute atomic E-state index is 0.120. The number of fused-ring (bicyclic) bond motifs is 1. The van der Waals surface area contributed by atoms with Crippen molar-refractivity contribution < 1.29 is 4.79 Å². The van der Waals surface area contributed by atoms with Gasteiger partial charge in [-0.15, -0.1) is 11.3 Å². The first-order chi connectivity index (χ1) is 15.7. The molecule has 0 radical (unpaired) electrons. The third-order valence-electron chi connectivity index (χ3n) is 6.45. The Labute approximate surface area is 193 Å². The van der Waals surface area contributed by atoms with Crippen LogP contribution in [0, 0.1) is 6.92 Å². The van der Waals surface area contributed by atoms with Gasteiger partial charge >= 0.3 is 0 Å². The number of H-pyrrole nitrogens is 1. The average Bonchev–Trinajstić information content (AvgIpc) is 3.48. The standard InChI is InChI=1S/C27H29N3OS/c1-20-18-22-19-24(9-10-25(22)28-20)30(27(31)26-8-5-17-32-26)23-12-15-29(16-13-23)14-11-21-6-3-2-4-7-21/h2-10,17-19,23,28H,11-16H2,1H3. The lowest BCUT2D eigenvalue weighted by Crippen LogP contribution is -2.48. The second-order valence-corrected chi connectivity index (χ2v) is 9.63. The minimum atomic E-state index is 0.120. The molecule has 0 aliphatic carbocycles. The molecule has 32 heavy (non-hydrogen) atoms. The highest BCUT2D eigenvalue weighted by Gasteiger charge is 2.30. The number of likely N-dealkylation sites (tertiary alicyclic amines) is 1. The number of carbonyl (C=O) groups excluding carboxylic acids is 1. The molecule has 4 aromatic rings. The Bertz CT molecular complexity index is 1170. The molecule has 1 N–H and O–H groups in total. The van der Waals surface area contributed by atoms with Crippen LogP contribution in [0.15, 0.2) is 72.1 Å². The van der Waals surface area contributed by atoms with Crippen LogP contribution in [0.25, 0.3) is 10.9 Å². The minimum Gasteiger partial charge on any atom is -0.359 e. The van der Waals surface area contributed by atoms with Crippen molar-refractivity contribution >= 4 is 33.8 Å². The summed E-state index contributed by atoms with van der Waals surface area (Å²) >= 11 is 1.52. The van der Waals surface area contributed by atoms with Crippen molar-refractivity contribution in [3.63, 3.8) is 0 Å². The number of hydrogen-bond donors (Lipinski definition) is 1. The second kappa shape index (κ2) is 9.31. The fraction of sp³-hybridized carbons (Fsp3) is 0.296. The number of thiophene rings is 1. The van der Waals surface area contributed by atoms with E-state index in [0.29, 0.717) is 0 Å². The van der Waals surface area contributed by atoms with Crippen LogP contribution in [-0.2, 0) is 6.42 Å². The van der Waals surface area contributed by atoms with E-state index in [1.54, 1.807) is 0 Å². The van der Waals surface area contributed by atoms with Gasteiger partial charge in [0, 0.05) is 48.0 Å². The maximum absolute atomic E-state index is 13.6. The highest BCUT2D eigenvalue weighted by molar-refractivity contribution is 7.12. The van der Waals surface area contributed by atoms with Gasteiger partial charge in [0.15, 0.2) is 0 Å². The number of aromatic amines is 1. The Morgan fingerprint density at radius 3 is 2.62 bits per heavy atom. The van der Waals surface area contributed by atoms with E-state index < -0.39 is 0 Å². The first kappa shape index (κ1) is 21.0. The summed E-state index contributed by atoms with van der Waals surface area (Å²) in [6.45, 7) is 5.19. The Morgan fingerprint density at radius 2 is 1.88 bits per heavy atom. The first-order valence-corrected chi connectivity index (χ1v) is 12.3. The van der Waals surface area contributed by atoms with Gasteiger partial charge in [-0.1, -0.05) is 36.4 Å². The summed E-state index contributed by atoms with van der Waals surface area (Å²) < 4.78 is 0. The third-order valence-corrected chi connectivity index (χ3v) is 7.31. The molecule has 1 aliphatic rings. The Morgan fingerprint density at radius 1 is 1.06 bits per heavy atom. The van der Waals surface area contributed by atoms with E-state index in [1.165, 1.54) is 16.9 Å². The summed E-state index contributed by atoms with van der Waals surface area (Å²) in [5.41, 5.74) is 4.64. The number of amides is 1. The fourth-order valence-electron chi connectivity index (χ4n) is 4.76. The zero-order valence-electron chi connectivity index (χ0n) is 18.5. The molecule has 0 bridgehead atoms. The first-order valence-electron chi connectivity index (χ1n) is 11.4. The van der Waals surface area contributed by atoms with E-state index in [2.05, 4.69) is 76.3 Å². The van der Waals surface area contributed by atoms with Gasteiger partial charge in [-0.25, -0.2) is 0 Å². The predicted octanol–water partition coefficient (Wildman–Crippen LogP) is 5.89. The lowest BCUT2D eigenvalue weighted by molar-refractivity contribution is 0.0964. The zero-order chi connectivity index (χ0) is 21.9. The summed E-state index contributed by atoms with van der Waals surface area (Å²) in [6.07, 6.45) is 3.07. The van der Waals surface area contributed by atoms with Gasteiger partial charge in [0.05, 0.1) is 4.88 Å². The van der Waals surface area contributed by atoms with Crippen LogP contribution in [0.1, 0.15) is 33.8 Å². The van der Waals surface area contributed by atoms with Crippen LogP contribution in [0.2, 0.25) is 0 Å². The largest absolute Gasteiger partial charge is 0.359 e. The molecule has 0 unspecified atom stereocenters. The second-order valence-electron chi connectivity index (χ2n) is 8.68. The average molecular weight is 444 g/mol. The molecule has 2 aromatic heterocycles. The smallest absolute Gasteiger partial charge is 0.268 e. The maximum atomic E-state index is 13.6. The quantitative estimate of drug-likeness (QED) is 0.403. The van der Waals surface area contributed by atoms with Crippen molar-refractivity contribution in [2.45, 2.75) is 32.2 Å². The SMILES string of the molecule is Cc1cc2cc(N(C(=O)c3cccs3)C3CCN(CCc4ccccc4)CC3)ccc2[nH]1. The molecule has 5 rings (SSSR count). The van der Waals surface area contributed by atoms with E-state index in [-0.39, 0.29) is 11.9 Å². The maximum Gasteiger partial charge on any atom is 0.268 e. The third kappa shape index (κ3) is 4.50. The summed E-state index contributed by atoms with van der Waals surface area (Å²) in [6, 6.07) is 23.3. The summed E-state index contributed by atoms with van der Waals surface area (Å²) in [7, 11) is 0. The molecule has 0 atom stereocenters. The summed E-state index contributed by atoms with van der Waals surface area (Å²) in [4.78, 5) is 22.3. The highest BCUT2D eigenvalue weighted by Crippen LogP contribution is 2.30. The van der Waals surface area contributed by atoms with Crippen LogP contribution in [0.4, 0.5) is 5.69 Å². The fourth-order valence-corrected chi connectivity index (χ4v) is 5.42. The van der Waals surface area contributed by atoms with Crippen LogP contribution in [-0.4, -0.2) is 41.5 Å². The number of hydrogen-bond acceptors (Lipinski definition) is 3. The molecule has 1 aliphatic heterocycles. The number of rotatable bonds is 6. The number of nitrogens with zero attached hydrogens (tertiary/aromatic N) is 2. The topological polar surface area (TPSA) is 39.3 Å². The van der Waals surface area contributed by atoms with Crippen LogP contribution in [0.3, 0.4) is 0 Å². The summed E-state index contributed by atoms with van der Waals surface area (Å²) in [5.74, 6) is 0.120. The number of aryl methyl sites for hydroxylation is 1. The molecular weight excluding hydrogens is 414 g/mol. The van der Waals surface area contributed by atoms with Gasteiger partial charge in [-0.05, 0) is 67.5 Å². The molecule has 0 spiro atoms. The Hall–Kier alpha value is -2.89. The molecule has 3 heterocycles. The molecule has 164 valence electrons. The molecule has 1 saturated heterocycles. The molecule has 4 nitrogen and oxygen atoms in total. The lowest BCUT2D eigenvalue weighted by atomic mass is 10.0. The number of aromatic nitrogens is 1. The van der Waals surface area contributed by atoms with E-state index >= 15 is 0 Å². The highest BCUT2D eigenvalue weighted by atomic mass is 32.1. The molecular formula is C27H29N3OS. The van der Waals surface area contributed by atoms with Crippen molar-refractivity contribution in [3.8, 4) is 0 Å². The monoisotopic (exact) mass is 443 g/mol. The van der Waals surface area contributed by atoms with Crippen molar-refractivity contribution in [3.05, 3.63) is 88.2 Å². The Kier molecular flexibility index (Phi) is 6.10. The van der Waals surface area contributed by atoms with E-state index in [0.717, 1.165) is 66.1 Å². The Balaban J connectivity index is 1.33. The zero-order valence-corrected chi connectivity index (χ0v) is 19.3. The number of nitrogens with one attached hydrogen (secondary N) is 1. The number of anilines is 1. The van der Waals surface area contributed by atoms with Crippen LogP contribution in [0.5, 0.6) is 0 Å². The van der Waals surface area contributed by atoms with Gasteiger partial charge in [-0.2, -0.15) is 0 Å². The normalized spacial score (nSPS) is 15.3. The molecule has 2 aromatic carbocycles. The van der Waals surface area contributed by atoms with E-state index in [9.17, 15) is 4.79 Å². The van der Waals surface area contributed by atoms with Crippen LogP contribution >= 0.6 is 11.3 Å².